The van der Waals surface area contributed by atoms with Crippen molar-refractivity contribution >= 4 is 29.1 Å². The molecule has 0 aliphatic carbocycles. The number of nitrogens with two attached hydrogens (primary N) is 1. The molecule has 9 heteroatoms. The summed E-state index contributed by atoms with van der Waals surface area (Å²) in [5.41, 5.74) is 5.56. The van der Waals surface area contributed by atoms with Gasteiger partial charge < -0.3 is 16.2 Å². The number of carboxylic acids is 1. The summed E-state index contributed by atoms with van der Waals surface area (Å²) in [4.78, 5) is 44.5. The molecule has 8 nitrogen and oxygen atoms in total. The van der Waals surface area contributed by atoms with Gasteiger partial charge in [-0.25, -0.2) is 4.79 Å². The lowest BCUT2D eigenvalue weighted by Crippen LogP contribution is -2.43. The van der Waals surface area contributed by atoms with Gasteiger partial charge in [0.25, 0.3) is 0 Å². The van der Waals surface area contributed by atoms with Crippen LogP contribution < -0.4 is 15.9 Å². The first-order chi connectivity index (χ1) is 9.31. The molecule has 2 amide bonds. The lowest BCUT2D eigenvalue weighted by Gasteiger charge is -2.14. The van der Waals surface area contributed by atoms with E-state index in [2.05, 4.69) is 5.32 Å². The SMILES string of the molecule is Cc1csc(=O)n1CC(=O)N[C@H](CCC(N)=O)C(=O)O. The quantitative estimate of drug-likeness (QED) is 0.597. The second-order valence-corrected chi connectivity index (χ2v) is 5.01. The van der Waals surface area contributed by atoms with Gasteiger partial charge in [0.15, 0.2) is 0 Å². The van der Waals surface area contributed by atoms with Crippen LogP contribution in [0.15, 0.2) is 10.2 Å². The van der Waals surface area contributed by atoms with E-state index in [0.29, 0.717) is 5.69 Å². The minimum absolute atomic E-state index is 0.0894. The first kappa shape index (κ1) is 15.9. The van der Waals surface area contributed by atoms with Gasteiger partial charge in [-0.1, -0.05) is 11.3 Å². The zero-order chi connectivity index (χ0) is 15.3. The third-order valence-electron chi connectivity index (χ3n) is 2.59. The fraction of sp³-hybridized carbons (Fsp3) is 0.455. The predicted molar refractivity (Wildman–Crippen MR) is 71.3 cm³/mol. The van der Waals surface area contributed by atoms with E-state index < -0.39 is 23.8 Å². The molecule has 20 heavy (non-hydrogen) atoms. The van der Waals surface area contributed by atoms with Gasteiger partial charge in [0.05, 0.1) is 0 Å². The molecule has 1 atom stereocenters. The minimum atomic E-state index is -1.26. The fourth-order valence-electron chi connectivity index (χ4n) is 1.52. The number of thiazole rings is 1. The number of hydrogen-bond donors (Lipinski definition) is 3. The summed E-state index contributed by atoms with van der Waals surface area (Å²) in [7, 11) is 0. The number of amides is 2. The van der Waals surface area contributed by atoms with E-state index in [-0.39, 0.29) is 24.3 Å². The molecule has 110 valence electrons. The van der Waals surface area contributed by atoms with Gasteiger partial charge in [-0.3, -0.25) is 19.0 Å². The number of hydrogen-bond acceptors (Lipinski definition) is 5. The molecular weight excluding hydrogens is 286 g/mol. The van der Waals surface area contributed by atoms with Crippen LogP contribution in [-0.4, -0.2) is 33.5 Å². The van der Waals surface area contributed by atoms with Crippen molar-refractivity contribution in [3.05, 3.63) is 20.7 Å². The van der Waals surface area contributed by atoms with Crippen molar-refractivity contribution < 1.29 is 19.5 Å². The minimum Gasteiger partial charge on any atom is -0.480 e. The Morgan fingerprint density at radius 2 is 2.15 bits per heavy atom. The van der Waals surface area contributed by atoms with Gasteiger partial charge in [-0.05, 0) is 13.3 Å². The Balaban J connectivity index is 2.65. The Morgan fingerprint density at radius 1 is 1.50 bits per heavy atom. The highest BCUT2D eigenvalue weighted by Gasteiger charge is 2.21. The standard InChI is InChI=1S/C11H15N3O5S/c1-6-5-20-11(19)14(6)4-9(16)13-7(10(17)18)2-3-8(12)15/h5,7H,2-4H2,1H3,(H2,12,15)(H,13,16)(H,17,18)/t7-/m1/s1. The summed E-state index contributed by atoms with van der Waals surface area (Å²) >= 11 is 0.962. The normalized spacial score (nSPS) is 11.8. The molecule has 0 aliphatic rings. The van der Waals surface area contributed by atoms with Crippen LogP contribution in [0.25, 0.3) is 0 Å². The topological polar surface area (TPSA) is 131 Å². The number of rotatable bonds is 7. The average molecular weight is 301 g/mol. The molecule has 1 aromatic heterocycles. The molecule has 1 rings (SSSR count). The molecule has 0 unspecified atom stereocenters. The van der Waals surface area contributed by atoms with E-state index in [1.165, 1.54) is 4.57 Å². The highest BCUT2D eigenvalue weighted by molar-refractivity contribution is 7.07. The maximum atomic E-state index is 11.7. The molecule has 0 saturated carbocycles. The van der Waals surface area contributed by atoms with Crippen LogP contribution in [0, 0.1) is 6.92 Å². The first-order valence-electron chi connectivity index (χ1n) is 5.76. The average Bonchev–Trinajstić information content (AvgIpc) is 2.65. The number of carbonyl (C=O) groups is 3. The number of aromatic nitrogens is 1. The number of aryl methyl sites for hydroxylation is 1. The second-order valence-electron chi connectivity index (χ2n) is 4.19. The number of primary amides is 1. The third kappa shape index (κ3) is 4.50. The number of nitrogens with zero attached hydrogens (tertiary/aromatic N) is 1. The molecule has 0 saturated heterocycles. The van der Waals surface area contributed by atoms with E-state index in [9.17, 15) is 19.2 Å². The van der Waals surface area contributed by atoms with E-state index in [4.69, 9.17) is 10.8 Å². The highest BCUT2D eigenvalue weighted by Crippen LogP contribution is 2.01. The Labute approximate surface area is 118 Å². The number of carbonyl (C=O) groups excluding carboxylic acids is 2. The molecule has 1 aromatic rings. The van der Waals surface area contributed by atoms with Gasteiger partial charge >= 0.3 is 10.8 Å². The van der Waals surface area contributed by atoms with Crippen LogP contribution in [0.2, 0.25) is 0 Å². The van der Waals surface area contributed by atoms with E-state index in [1.807, 2.05) is 0 Å². The van der Waals surface area contributed by atoms with Crippen LogP contribution in [0.3, 0.4) is 0 Å². The van der Waals surface area contributed by atoms with Crippen molar-refractivity contribution in [2.45, 2.75) is 32.4 Å². The van der Waals surface area contributed by atoms with Crippen molar-refractivity contribution in [3.8, 4) is 0 Å². The molecule has 1 heterocycles. The Hall–Kier alpha value is -2.16. The van der Waals surface area contributed by atoms with Gasteiger partial charge in [-0.15, -0.1) is 0 Å². The monoisotopic (exact) mass is 301 g/mol. The first-order valence-corrected chi connectivity index (χ1v) is 6.64. The third-order valence-corrected chi connectivity index (χ3v) is 3.47. The molecule has 0 spiro atoms. The largest absolute Gasteiger partial charge is 0.480 e. The van der Waals surface area contributed by atoms with Crippen molar-refractivity contribution in [3.63, 3.8) is 0 Å². The fourth-order valence-corrected chi connectivity index (χ4v) is 2.26. The lowest BCUT2D eigenvalue weighted by molar-refractivity contribution is -0.142. The van der Waals surface area contributed by atoms with E-state index in [1.54, 1.807) is 12.3 Å². The predicted octanol–water partition coefficient (Wildman–Crippen LogP) is -0.947. The molecule has 0 aromatic carbocycles. The summed E-state index contributed by atoms with van der Waals surface area (Å²) in [5.74, 6) is -2.50. The zero-order valence-corrected chi connectivity index (χ0v) is 11.6. The van der Waals surface area contributed by atoms with Gasteiger partial charge in [-0.2, -0.15) is 0 Å². The van der Waals surface area contributed by atoms with Gasteiger partial charge in [0.2, 0.25) is 11.8 Å². The van der Waals surface area contributed by atoms with Crippen molar-refractivity contribution in [1.82, 2.24) is 9.88 Å². The highest BCUT2D eigenvalue weighted by atomic mass is 32.1. The summed E-state index contributed by atoms with van der Waals surface area (Å²) in [6.07, 6.45) is -0.234. The number of nitrogens with one attached hydrogen (secondary N) is 1. The summed E-state index contributed by atoms with van der Waals surface area (Å²) < 4.78 is 1.24. The summed E-state index contributed by atoms with van der Waals surface area (Å²) in [6, 6.07) is -1.20. The molecule has 0 bridgehead atoms. The molecular formula is C11H15N3O5S. The lowest BCUT2D eigenvalue weighted by atomic mass is 10.1. The van der Waals surface area contributed by atoms with Crippen LogP contribution >= 0.6 is 11.3 Å². The van der Waals surface area contributed by atoms with Crippen molar-refractivity contribution in [1.29, 1.82) is 0 Å². The summed E-state index contributed by atoms with van der Waals surface area (Å²) in [5, 5.41) is 12.8. The van der Waals surface area contributed by atoms with Gasteiger partial charge in [0.1, 0.15) is 12.6 Å². The van der Waals surface area contributed by atoms with E-state index in [0.717, 1.165) is 11.3 Å². The molecule has 4 N–H and O–H groups in total. The van der Waals surface area contributed by atoms with E-state index >= 15 is 0 Å². The Bertz CT molecular complexity index is 577. The summed E-state index contributed by atoms with van der Waals surface area (Å²) in [6.45, 7) is 1.42. The smallest absolute Gasteiger partial charge is 0.326 e. The van der Waals surface area contributed by atoms with Crippen LogP contribution in [-0.2, 0) is 20.9 Å². The Morgan fingerprint density at radius 3 is 2.60 bits per heavy atom. The van der Waals surface area contributed by atoms with Crippen LogP contribution in [0.5, 0.6) is 0 Å². The number of carboxylic acid groups (broad SMARTS) is 1. The van der Waals surface area contributed by atoms with Crippen molar-refractivity contribution in [2.75, 3.05) is 0 Å². The second kappa shape index (κ2) is 6.85. The maximum Gasteiger partial charge on any atom is 0.326 e. The Kier molecular flexibility index (Phi) is 5.44. The van der Waals surface area contributed by atoms with Crippen LogP contribution in [0.1, 0.15) is 18.5 Å². The maximum absolute atomic E-state index is 11.7. The molecule has 0 aliphatic heterocycles. The van der Waals surface area contributed by atoms with Gasteiger partial charge in [0, 0.05) is 17.5 Å². The van der Waals surface area contributed by atoms with Crippen LogP contribution in [0.4, 0.5) is 0 Å². The zero-order valence-electron chi connectivity index (χ0n) is 10.8. The number of aliphatic carboxylic acids is 1. The van der Waals surface area contributed by atoms with Crippen molar-refractivity contribution in [2.24, 2.45) is 5.73 Å². The molecule has 0 fully saturated rings. The molecule has 0 radical (unpaired) electrons.